The number of nitrogens with zero attached hydrogens (tertiary/aromatic N) is 1. The number of carbonyl (C=O) groups excluding carboxylic acids is 1. The van der Waals surface area contributed by atoms with Crippen LogP contribution in [0.2, 0.25) is 0 Å². The van der Waals surface area contributed by atoms with Crippen LogP contribution >= 0.6 is 0 Å². The number of ether oxygens (including phenoxy) is 2. The van der Waals surface area contributed by atoms with Crippen molar-refractivity contribution >= 4 is 18.0 Å². The van der Waals surface area contributed by atoms with E-state index < -0.39 is 18.5 Å². The summed E-state index contributed by atoms with van der Waals surface area (Å²) in [7, 11) is 0. The number of rotatable bonds is 10. The fraction of sp³-hybridized carbons (Fsp3) is 0.353. The minimum atomic E-state index is -1.06. The number of nitrogens with one attached hydrogen (secondary N) is 1. The van der Waals surface area contributed by atoms with Gasteiger partial charge in [0, 0.05) is 19.8 Å². The zero-order chi connectivity index (χ0) is 17.8. The van der Waals surface area contributed by atoms with E-state index in [4.69, 9.17) is 19.8 Å². The van der Waals surface area contributed by atoms with Gasteiger partial charge in [-0.3, -0.25) is 4.79 Å². The van der Waals surface area contributed by atoms with E-state index in [1.54, 1.807) is 24.3 Å². The molecule has 0 atom stereocenters. The Bertz CT molecular complexity index is 617. The lowest BCUT2D eigenvalue weighted by atomic mass is 10.1. The second-order valence-corrected chi connectivity index (χ2v) is 4.73. The van der Waals surface area contributed by atoms with Gasteiger partial charge in [0.15, 0.2) is 6.61 Å². The Kier molecular flexibility index (Phi) is 8.64. The highest BCUT2D eigenvalue weighted by Gasteiger charge is 2.08. The molecule has 0 aromatic heterocycles. The van der Waals surface area contributed by atoms with Crippen LogP contribution in [0.5, 0.6) is 5.75 Å². The third kappa shape index (κ3) is 7.42. The van der Waals surface area contributed by atoms with Gasteiger partial charge < -0.3 is 19.9 Å². The Balaban J connectivity index is 2.59. The number of amides is 1. The number of carboxylic acids is 1. The molecule has 1 aromatic carbocycles. The molecular formula is C17H20N2O5. The van der Waals surface area contributed by atoms with Gasteiger partial charge >= 0.3 is 5.97 Å². The summed E-state index contributed by atoms with van der Waals surface area (Å²) in [5.74, 6) is -1.11. The number of nitriles is 1. The SMILES string of the molecule is CCOCCCNC(=O)/C(C#N)=C\c1ccc(OCC(=O)O)cc1. The topological polar surface area (TPSA) is 109 Å². The van der Waals surface area contributed by atoms with Crippen molar-refractivity contribution in [2.45, 2.75) is 13.3 Å². The Hall–Kier alpha value is -2.85. The summed E-state index contributed by atoms with van der Waals surface area (Å²) in [6, 6.07) is 8.28. The van der Waals surface area contributed by atoms with Gasteiger partial charge in [-0.05, 0) is 37.1 Å². The average Bonchev–Trinajstić information content (AvgIpc) is 2.58. The second kappa shape index (κ2) is 10.8. The summed E-state index contributed by atoms with van der Waals surface area (Å²) in [6.45, 7) is 3.08. The van der Waals surface area contributed by atoms with E-state index >= 15 is 0 Å². The smallest absolute Gasteiger partial charge is 0.341 e. The maximum absolute atomic E-state index is 11.9. The molecule has 7 nitrogen and oxygen atoms in total. The van der Waals surface area contributed by atoms with Crippen molar-refractivity contribution in [3.63, 3.8) is 0 Å². The molecule has 0 fully saturated rings. The van der Waals surface area contributed by atoms with Gasteiger partial charge in [-0.25, -0.2) is 4.79 Å². The number of carboxylic acid groups (broad SMARTS) is 1. The van der Waals surface area contributed by atoms with Crippen LogP contribution in [-0.4, -0.2) is 43.3 Å². The Morgan fingerprint density at radius 3 is 2.62 bits per heavy atom. The summed E-state index contributed by atoms with van der Waals surface area (Å²) < 4.78 is 10.2. The molecule has 0 aliphatic carbocycles. The minimum Gasteiger partial charge on any atom is -0.482 e. The molecule has 1 rings (SSSR count). The zero-order valence-electron chi connectivity index (χ0n) is 13.4. The Labute approximate surface area is 140 Å². The van der Waals surface area contributed by atoms with Gasteiger partial charge in [-0.1, -0.05) is 12.1 Å². The van der Waals surface area contributed by atoms with Crippen LogP contribution in [0.4, 0.5) is 0 Å². The van der Waals surface area contributed by atoms with Crippen molar-refractivity contribution in [2.24, 2.45) is 0 Å². The minimum absolute atomic E-state index is 0.00869. The fourth-order valence-electron chi connectivity index (χ4n) is 1.74. The summed E-state index contributed by atoms with van der Waals surface area (Å²) in [6.07, 6.45) is 2.13. The van der Waals surface area contributed by atoms with Gasteiger partial charge in [0.2, 0.25) is 0 Å². The lowest BCUT2D eigenvalue weighted by Crippen LogP contribution is -2.26. The first kappa shape index (κ1) is 19.2. The molecule has 0 radical (unpaired) electrons. The number of carbonyl (C=O) groups is 2. The van der Waals surface area contributed by atoms with Crippen LogP contribution in [0.1, 0.15) is 18.9 Å². The van der Waals surface area contributed by atoms with Crippen molar-refractivity contribution < 1.29 is 24.2 Å². The summed E-state index contributed by atoms with van der Waals surface area (Å²) >= 11 is 0. The molecule has 0 spiro atoms. The van der Waals surface area contributed by atoms with Crippen LogP contribution in [0.15, 0.2) is 29.8 Å². The standard InChI is InChI=1S/C17H20N2O5/c1-2-23-9-3-8-19-17(22)14(11-18)10-13-4-6-15(7-5-13)24-12-16(20)21/h4-7,10H,2-3,8-9,12H2,1H3,(H,19,22)(H,20,21)/b14-10-. The molecule has 1 aromatic rings. The average molecular weight is 332 g/mol. The van der Waals surface area contributed by atoms with Crippen molar-refractivity contribution in [3.8, 4) is 11.8 Å². The molecule has 0 saturated carbocycles. The third-order valence-electron chi connectivity index (χ3n) is 2.87. The van der Waals surface area contributed by atoms with Crippen LogP contribution < -0.4 is 10.1 Å². The van der Waals surface area contributed by atoms with Crippen LogP contribution in [0, 0.1) is 11.3 Å². The first-order chi connectivity index (χ1) is 11.6. The van der Waals surface area contributed by atoms with E-state index in [9.17, 15) is 9.59 Å². The third-order valence-corrected chi connectivity index (χ3v) is 2.87. The summed E-state index contributed by atoms with van der Waals surface area (Å²) in [5, 5.41) is 20.3. The number of aliphatic carboxylic acids is 1. The van der Waals surface area contributed by atoms with E-state index in [1.165, 1.54) is 6.08 Å². The van der Waals surface area contributed by atoms with Gasteiger partial charge in [-0.15, -0.1) is 0 Å². The summed E-state index contributed by atoms with van der Waals surface area (Å²) in [5.41, 5.74) is 0.629. The van der Waals surface area contributed by atoms with Crippen LogP contribution in [0.25, 0.3) is 6.08 Å². The van der Waals surface area contributed by atoms with E-state index in [2.05, 4.69) is 5.32 Å². The molecule has 2 N–H and O–H groups in total. The molecule has 0 unspecified atom stereocenters. The molecule has 0 heterocycles. The molecule has 0 saturated heterocycles. The highest BCUT2D eigenvalue weighted by atomic mass is 16.5. The quantitative estimate of drug-likeness (QED) is 0.383. The molecule has 0 aliphatic heterocycles. The highest BCUT2D eigenvalue weighted by molar-refractivity contribution is 6.01. The van der Waals surface area contributed by atoms with Gasteiger partial charge in [0.05, 0.1) is 0 Å². The molecule has 24 heavy (non-hydrogen) atoms. The van der Waals surface area contributed by atoms with Crippen molar-refractivity contribution in [1.29, 1.82) is 5.26 Å². The maximum atomic E-state index is 11.9. The molecular weight excluding hydrogens is 312 g/mol. The van der Waals surface area contributed by atoms with Crippen molar-refractivity contribution in [3.05, 3.63) is 35.4 Å². The largest absolute Gasteiger partial charge is 0.482 e. The molecule has 1 amide bonds. The predicted molar refractivity (Wildman–Crippen MR) is 87.3 cm³/mol. The van der Waals surface area contributed by atoms with Gasteiger partial charge in [0.1, 0.15) is 17.4 Å². The van der Waals surface area contributed by atoms with Gasteiger partial charge in [-0.2, -0.15) is 5.26 Å². The first-order valence-electron chi connectivity index (χ1n) is 7.49. The van der Waals surface area contributed by atoms with Crippen LogP contribution in [0.3, 0.4) is 0 Å². The first-order valence-corrected chi connectivity index (χ1v) is 7.49. The molecule has 7 heteroatoms. The lowest BCUT2D eigenvalue weighted by molar-refractivity contribution is -0.139. The monoisotopic (exact) mass is 332 g/mol. The van der Waals surface area contributed by atoms with E-state index in [1.807, 2.05) is 13.0 Å². The number of hydrogen-bond acceptors (Lipinski definition) is 5. The van der Waals surface area contributed by atoms with Crippen molar-refractivity contribution in [1.82, 2.24) is 5.32 Å². The number of benzene rings is 1. The fourth-order valence-corrected chi connectivity index (χ4v) is 1.74. The van der Waals surface area contributed by atoms with Crippen molar-refractivity contribution in [2.75, 3.05) is 26.4 Å². The van der Waals surface area contributed by atoms with Crippen LogP contribution in [-0.2, 0) is 14.3 Å². The van der Waals surface area contributed by atoms with E-state index in [0.717, 1.165) is 0 Å². The molecule has 128 valence electrons. The zero-order valence-corrected chi connectivity index (χ0v) is 13.4. The number of hydrogen-bond donors (Lipinski definition) is 2. The predicted octanol–water partition coefficient (Wildman–Crippen LogP) is 1.60. The molecule has 0 bridgehead atoms. The Morgan fingerprint density at radius 2 is 2.04 bits per heavy atom. The van der Waals surface area contributed by atoms with E-state index in [0.29, 0.717) is 37.5 Å². The maximum Gasteiger partial charge on any atom is 0.341 e. The summed E-state index contributed by atoms with van der Waals surface area (Å²) in [4.78, 5) is 22.3. The highest BCUT2D eigenvalue weighted by Crippen LogP contribution is 2.14. The lowest BCUT2D eigenvalue weighted by Gasteiger charge is -2.05. The van der Waals surface area contributed by atoms with E-state index in [-0.39, 0.29) is 5.57 Å². The normalized spacial score (nSPS) is 10.8. The Morgan fingerprint density at radius 1 is 1.33 bits per heavy atom. The van der Waals surface area contributed by atoms with Gasteiger partial charge in [0.25, 0.3) is 5.91 Å². The second-order valence-electron chi connectivity index (χ2n) is 4.73. The molecule has 0 aliphatic rings.